The van der Waals surface area contributed by atoms with E-state index in [1.54, 1.807) is 12.1 Å². The number of carbonyl (C=O) groups is 2. The van der Waals surface area contributed by atoms with Crippen molar-refractivity contribution in [2.45, 2.75) is 45.6 Å². The molecular weight excluding hydrogens is 268 g/mol. The van der Waals surface area contributed by atoms with Crippen molar-refractivity contribution in [1.29, 1.82) is 0 Å². The Balaban J connectivity index is 2.60. The van der Waals surface area contributed by atoms with Gasteiger partial charge in [0.25, 0.3) is 0 Å². The van der Waals surface area contributed by atoms with Gasteiger partial charge in [-0.3, -0.25) is 9.59 Å². The van der Waals surface area contributed by atoms with Crippen LogP contribution in [-0.2, 0) is 16.0 Å². The minimum Gasteiger partial charge on any atom is -0.396 e. The fourth-order valence-corrected chi connectivity index (χ4v) is 2.05. The summed E-state index contributed by atoms with van der Waals surface area (Å²) >= 11 is 0. The molecule has 3 N–H and O–H groups in total. The number of rotatable bonds is 7. The molecule has 0 radical (unpaired) electrons. The molecule has 0 aliphatic carbocycles. The minimum atomic E-state index is -0.373. The number of amides is 2. The van der Waals surface area contributed by atoms with Crippen LogP contribution in [0, 0.1) is 0 Å². The normalized spacial score (nSPS) is 13.3. The van der Waals surface area contributed by atoms with Crippen LogP contribution in [0.5, 0.6) is 0 Å². The number of benzene rings is 1. The van der Waals surface area contributed by atoms with E-state index in [-0.39, 0.29) is 30.4 Å². The first-order valence-corrected chi connectivity index (χ1v) is 7.17. The van der Waals surface area contributed by atoms with Gasteiger partial charge >= 0.3 is 0 Å². The second-order valence-corrected chi connectivity index (χ2v) is 5.49. The molecule has 0 bridgehead atoms. The molecule has 5 heteroatoms. The van der Waals surface area contributed by atoms with E-state index < -0.39 is 0 Å². The van der Waals surface area contributed by atoms with Crippen LogP contribution in [-0.4, -0.2) is 29.1 Å². The second kappa shape index (κ2) is 7.78. The Morgan fingerprint density at radius 1 is 1.24 bits per heavy atom. The fraction of sp³-hybridized carbons (Fsp3) is 0.500. The molecule has 0 saturated carbocycles. The van der Waals surface area contributed by atoms with Gasteiger partial charge in [-0.25, -0.2) is 0 Å². The molecule has 0 aliphatic rings. The third-order valence-corrected chi connectivity index (χ3v) is 3.52. The van der Waals surface area contributed by atoms with Crippen molar-refractivity contribution in [2.75, 3.05) is 11.9 Å². The van der Waals surface area contributed by atoms with E-state index in [1.165, 1.54) is 6.92 Å². The summed E-state index contributed by atoms with van der Waals surface area (Å²) in [5, 5.41) is 14.7. The average Bonchev–Trinajstić information content (AvgIpc) is 2.40. The van der Waals surface area contributed by atoms with E-state index in [4.69, 9.17) is 5.11 Å². The van der Waals surface area contributed by atoms with Crippen LogP contribution in [0.25, 0.3) is 0 Å². The third-order valence-electron chi connectivity index (χ3n) is 3.52. The summed E-state index contributed by atoms with van der Waals surface area (Å²) in [6.07, 6.45) is 1.58. The van der Waals surface area contributed by atoms with Gasteiger partial charge < -0.3 is 15.7 Å². The number of hydrogen-bond donors (Lipinski definition) is 3. The van der Waals surface area contributed by atoms with Crippen molar-refractivity contribution in [3.63, 3.8) is 0 Å². The SMILES string of the molecule is CCC(C)(CCO)NC(=O)Cc1ccc(NC(C)=O)cc1. The topological polar surface area (TPSA) is 78.4 Å². The Labute approximate surface area is 125 Å². The molecule has 0 heterocycles. The molecule has 0 aromatic heterocycles. The molecule has 1 aromatic rings. The van der Waals surface area contributed by atoms with Crippen molar-refractivity contribution in [2.24, 2.45) is 0 Å². The maximum Gasteiger partial charge on any atom is 0.224 e. The molecule has 2 amide bonds. The van der Waals surface area contributed by atoms with Crippen molar-refractivity contribution < 1.29 is 14.7 Å². The zero-order valence-electron chi connectivity index (χ0n) is 12.9. The van der Waals surface area contributed by atoms with E-state index >= 15 is 0 Å². The largest absolute Gasteiger partial charge is 0.396 e. The van der Waals surface area contributed by atoms with Crippen LogP contribution in [0.4, 0.5) is 5.69 Å². The highest BCUT2D eigenvalue weighted by Gasteiger charge is 2.23. The van der Waals surface area contributed by atoms with Crippen molar-refractivity contribution in [3.05, 3.63) is 29.8 Å². The molecule has 1 aromatic carbocycles. The molecule has 1 rings (SSSR count). The Hall–Kier alpha value is -1.88. The second-order valence-electron chi connectivity index (χ2n) is 5.49. The van der Waals surface area contributed by atoms with Gasteiger partial charge in [0.2, 0.25) is 11.8 Å². The molecule has 21 heavy (non-hydrogen) atoms. The predicted octanol–water partition coefficient (Wildman–Crippen LogP) is 1.85. The summed E-state index contributed by atoms with van der Waals surface area (Å²) in [6.45, 7) is 5.42. The number of aliphatic hydroxyl groups is 1. The molecule has 0 aliphatic heterocycles. The summed E-state index contributed by atoms with van der Waals surface area (Å²) in [4.78, 5) is 23.0. The third kappa shape index (κ3) is 5.95. The molecule has 1 unspecified atom stereocenters. The van der Waals surface area contributed by atoms with Gasteiger partial charge in [-0.05, 0) is 37.5 Å². The smallest absolute Gasteiger partial charge is 0.224 e. The summed E-state index contributed by atoms with van der Waals surface area (Å²) in [7, 11) is 0. The maximum atomic E-state index is 12.1. The minimum absolute atomic E-state index is 0.0516. The lowest BCUT2D eigenvalue weighted by Crippen LogP contribution is -2.46. The summed E-state index contributed by atoms with van der Waals surface area (Å²) in [5.74, 6) is -0.191. The van der Waals surface area contributed by atoms with Crippen LogP contribution < -0.4 is 10.6 Å². The van der Waals surface area contributed by atoms with Crippen LogP contribution in [0.2, 0.25) is 0 Å². The number of anilines is 1. The number of carbonyl (C=O) groups excluding carboxylic acids is 2. The van der Waals surface area contributed by atoms with Crippen LogP contribution in [0.3, 0.4) is 0 Å². The molecular formula is C16H24N2O3. The van der Waals surface area contributed by atoms with Gasteiger partial charge in [-0.2, -0.15) is 0 Å². The highest BCUT2D eigenvalue weighted by molar-refractivity contribution is 5.88. The lowest BCUT2D eigenvalue weighted by atomic mass is 9.94. The Morgan fingerprint density at radius 2 is 1.86 bits per heavy atom. The van der Waals surface area contributed by atoms with Crippen molar-refractivity contribution in [3.8, 4) is 0 Å². The highest BCUT2D eigenvalue weighted by atomic mass is 16.3. The number of hydrogen-bond acceptors (Lipinski definition) is 3. The summed E-state index contributed by atoms with van der Waals surface area (Å²) < 4.78 is 0. The monoisotopic (exact) mass is 292 g/mol. The fourth-order valence-electron chi connectivity index (χ4n) is 2.05. The molecule has 5 nitrogen and oxygen atoms in total. The van der Waals surface area contributed by atoms with E-state index in [2.05, 4.69) is 10.6 Å². The van der Waals surface area contributed by atoms with Crippen molar-refractivity contribution >= 4 is 17.5 Å². The van der Waals surface area contributed by atoms with Gasteiger partial charge in [0.15, 0.2) is 0 Å². The molecule has 0 spiro atoms. The van der Waals surface area contributed by atoms with Crippen LogP contribution in [0.15, 0.2) is 24.3 Å². The van der Waals surface area contributed by atoms with E-state index in [9.17, 15) is 9.59 Å². The first-order valence-electron chi connectivity index (χ1n) is 7.17. The standard InChI is InChI=1S/C16H24N2O3/c1-4-16(3,9-10-19)18-15(21)11-13-5-7-14(8-6-13)17-12(2)20/h5-8,19H,4,9-11H2,1-3H3,(H,17,20)(H,18,21). The Bertz CT molecular complexity index is 485. The number of nitrogens with one attached hydrogen (secondary N) is 2. The predicted molar refractivity (Wildman–Crippen MR) is 83.0 cm³/mol. The van der Waals surface area contributed by atoms with Gasteiger partial charge in [-0.15, -0.1) is 0 Å². The van der Waals surface area contributed by atoms with Crippen LogP contribution in [0.1, 0.15) is 39.2 Å². The summed E-state index contributed by atoms with van der Waals surface area (Å²) in [5.41, 5.74) is 1.22. The van der Waals surface area contributed by atoms with Gasteiger partial charge in [-0.1, -0.05) is 19.1 Å². The lowest BCUT2D eigenvalue weighted by Gasteiger charge is -2.29. The zero-order chi connectivity index (χ0) is 15.9. The Morgan fingerprint density at radius 3 is 2.33 bits per heavy atom. The molecule has 116 valence electrons. The van der Waals surface area contributed by atoms with Gasteiger partial charge in [0, 0.05) is 24.8 Å². The molecule has 0 fully saturated rings. The van der Waals surface area contributed by atoms with E-state index in [0.29, 0.717) is 12.1 Å². The van der Waals surface area contributed by atoms with Gasteiger partial charge in [0.05, 0.1) is 6.42 Å². The first kappa shape index (κ1) is 17.2. The van der Waals surface area contributed by atoms with E-state index in [0.717, 1.165) is 12.0 Å². The zero-order valence-corrected chi connectivity index (χ0v) is 12.9. The molecule has 0 saturated heterocycles. The molecule has 1 atom stereocenters. The summed E-state index contributed by atoms with van der Waals surface area (Å²) in [6, 6.07) is 7.19. The Kier molecular flexibility index (Phi) is 6.37. The van der Waals surface area contributed by atoms with E-state index in [1.807, 2.05) is 26.0 Å². The first-order chi connectivity index (χ1) is 9.88. The maximum absolute atomic E-state index is 12.1. The van der Waals surface area contributed by atoms with Crippen molar-refractivity contribution in [1.82, 2.24) is 5.32 Å². The average molecular weight is 292 g/mol. The highest BCUT2D eigenvalue weighted by Crippen LogP contribution is 2.15. The van der Waals surface area contributed by atoms with Gasteiger partial charge in [0.1, 0.15) is 0 Å². The lowest BCUT2D eigenvalue weighted by molar-refractivity contribution is -0.122. The quantitative estimate of drug-likeness (QED) is 0.717. The number of aliphatic hydroxyl groups excluding tert-OH is 1. The van der Waals surface area contributed by atoms with Crippen LogP contribution >= 0.6 is 0 Å².